The van der Waals surface area contributed by atoms with Gasteiger partial charge in [-0.05, 0) is 42.9 Å². The minimum Gasteiger partial charge on any atom is -0.330 e. The van der Waals surface area contributed by atoms with Crippen LogP contribution in [-0.2, 0) is 6.42 Å². The zero-order valence-electron chi connectivity index (χ0n) is 11.3. The number of halogens is 2. The Morgan fingerprint density at radius 1 is 1.22 bits per heavy atom. The van der Waals surface area contributed by atoms with Gasteiger partial charge in [0.25, 0.3) is 0 Å². The van der Waals surface area contributed by atoms with E-state index in [1.54, 1.807) is 0 Å². The Hall–Kier alpha value is -0.960. The molecule has 0 aliphatic heterocycles. The van der Waals surface area contributed by atoms with E-state index in [1.165, 1.54) is 12.1 Å². The predicted octanol–water partition coefficient (Wildman–Crippen LogP) is 4.05. The maximum atomic E-state index is 13.7. The molecule has 3 heteroatoms. The summed E-state index contributed by atoms with van der Waals surface area (Å²) >= 11 is 0. The molecule has 2 N–H and O–H groups in total. The first-order valence-corrected chi connectivity index (χ1v) is 6.71. The molecule has 1 atom stereocenters. The van der Waals surface area contributed by atoms with Crippen LogP contribution in [0.25, 0.3) is 0 Å². The Morgan fingerprint density at radius 3 is 2.44 bits per heavy atom. The predicted molar refractivity (Wildman–Crippen MR) is 71.4 cm³/mol. The molecule has 0 radical (unpaired) electrons. The molecule has 0 fully saturated rings. The topological polar surface area (TPSA) is 26.0 Å². The molecule has 0 saturated carbocycles. The first-order chi connectivity index (χ1) is 8.56. The molecule has 1 rings (SSSR count). The SMILES string of the molecule is CCCCC(CC)(CN)Cc1ccc(F)cc1F. The second-order valence-electron chi connectivity index (χ2n) is 5.07. The highest BCUT2D eigenvalue weighted by Gasteiger charge is 2.27. The van der Waals surface area contributed by atoms with Gasteiger partial charge in [-0.3, -0.25) is 0 Å². The molecule has 0 spiro atoms. The van der Waals surface area contributed by atoms with Crippen LogP contribution < -0.4 is 5.73 Å². The average molecular weight is 255 g/mol. The third kappa shape index (κ3) is 3.77. The third-order valence-electron chi connectivity index (χ3n) is 3.82. The van der Waals surface area contributed by atoms with Crippen LogP contribution in [0.4, 0.5) is 8.78 Å². The summed E-state index contributed by atoms with van der Waals surface area (Å²) in [6.45, 7) is 4.76. The number of rotatable bonds is 7. The molecule has 1 aromatic carbocycles. The summed E-state index contributed by atoms with van der Waals surface area (Å²) in [6, 6.07) is 3.80. The van der Waals surface area contributed by atoms with Gasteiger partial charge < -0.3 is 5.73 Å². The summed E-state index contributed by atoms with van der Waals surface area (Å²) in [5.41, 5.74) is 6.40. The first-order valence-electron chi connectivity index (χ1n) is 6.71. The second kappa shape index (κ2) is 6.83. The fourth-order valence-corrected chi connectivity index (χ4v) is 2.33. The van der Waals surface area contributed by atoms with Crippen LogP contribution in [0.5, 0.6) is 0 Å². The van der Waals surface area contributed by atoms with Crippen LogP contribution >= 0.6 is 0 Å². The van der Waals surface area contributed by atoms with Crippen molar-refractivity contribution in [3.05, 3.63) is 35.4 Å². The average Bonchev–Trinajstić information content (AvgIpc) is 2.37. The van der Waals surface area contributed by atoms with Crippen molar-refractivity contribution < 1.29 is 8.78 Å². The van der Waals surface area contributed by atoms with Gasteiger partial charge in [-0.2, -0.15) is 0 Å². The zero-order chi connectivity index (χ0) is 13.6. The van der Waals surface area contributed by atoms with Gasteiger partial charge in [-0.15, -0.1) is 0 Å². The van der Waals surface area contributed by atoms with Crippen LogP contribution in [0.2, 0.25) is 0 Å². The van der Waals surface area contributed by atoms with Crippen molar-refractivity contribution in [1.29, 1.82) is 0 Å². The number of nitrogens with two attached hydrogens (primary N) is 1. The highest BCUT2D eigenvalue weighted by Crippen LogP contribution is 2.32. The van der Waals surface area contributed by atoms with Crippen molar-refractivity contribution in [1.82, 2.24) is 0 Å². The molecule has 1 nitrogen and oxygen atoms in total. The van der Waals surface area contributed by atoms with E-state index in [2.05, 4.69) is 13.8 Å². The van der Waals surface area contributed by atoms with Gasteiger partial charge in [0, 0.05) is 6.07 Å². The Balaban J connectivity index is 2.88. The Labute approximate surface area is 108 Å². The summed E-state index contributed by atoms with van der Waals surface area (Å²) in [5.74, 6) is -0.988. The first kappa shape index (κ1) is 15.1. The molecule has 0 bridgehead atoms. The maximum Gasteiger partial charge on any atom is 0.129 e. The van der Waals surface area contributed by atoms with Crippen LogP contribution in [0.1, 0.15) is 45.1 Å². The third-order valence-corrected chi connectivity index (χ3v) is 3.82. The van der Waals surface area contributed by atoms with Crippen LogP contribution in [0, 0.1) is 17.0 Å². The molecular weight excluding hydrogens is 232 g/mol. The largest absolute Gasteiger partial charge is 0.330 e. The molecule has 0 aliphatic carbocycles. The monoisotopic (exact) mass is 255 g/mol. The summed E-state index contributed by atoms with van der Waals surface area (Å²) < 4.78 is 26.6. The smallest absolute Gasteiger partial charge is 0.129 e. The lowest BCUT2D eigenvalue weighted by molar-refractivity contribution is 0.248. The van der Waals surface area contributed by atoms with Gasteiger partial charge in [0.15, 0.2) is 0 Å². The Kier molecular flexibility index (Phi) is 5.73. The highest BCUT2D eigenvalue weighted by atomic mass is 19.1. The van der Waals surface area contributed by atoms with Gasteiger partial charge in [-0.25, -0.2) is 8.78 Å². The van der Waals surface area contributed by atoms with E-state index in [9.17, 15) is 8.78 Å². The van der Waals surface area contributed by atoms with E-state index >= 15 is 0 Å². The van der Waals surface area contributed by atoms with E-state index in [0.717, 1.165) is 31.7 Å². The minimum atomic E-state index is -0.528. The van der Waals surface area contributed by atoms with Gasteiger partial charge in [0.1, 0.15) is 11.6 Å². The van der Waals surface area contributed by atoms with E-state index in [0.29, 0.717) is 18.5 Å². The zero-order valence-corrected chi connectivity index (χ0v) is 11.3. The molecule has 0 aliphatic rings. The summed E-state index contributed by atoms with van der Waals surface area (Å²) in [6.07, 6.45) is 4.70. The fraction of sp³-hybridized carbons (Fsp3) is 0.600. The van der Waals surface area contributed by atoms with Gasteiger partial charge >= 0.3 is 0 Å². The van der Waals surface area contributed by atoms with E-state index in [1.807, 2.05) is 0 Å². The van der Waals surface area contributed by atoms with Crippen molar-refractivity contribution in [2.24, 2.45) is 11.1 Å². The van der Waals surface area contributed by atoms with E-state index in [4.69, 9.17) is 5.73 Å². The molecule has 102 valence electrons. The fourth-order valence-electron chi connectivity index (χ4n) is 2.33. The molecule has 0 aromatic heterocycles. The van der Waals surface area contributed by atoms with Crippen molar-refractivity contribution >= 4 is 0 Å². The lowest BCUT2D eigenvalue weighted by Gasteiger charge is -2.32. The quantitative estimate of drug-likeness (QED) is 0.781. The molecule has 0 saturated heterocycles. The lowest BCUT2D eigenvalue weighted by Crippen LogP contribution is -2.32. The summed E-state index contributed by atoms with van der Waals surface area (Å²) in [5, 5.41) is 0. The summed E-state index contributed by atoms with van der Waals surface area (Å²) in [7, 11) is 0. The molecule has 1 unspecified atom stereocenters. The van der Waals surface area contributed by atoms with Gasteiger partial charge in [0.05, 0.1) is 0 Å². The van der Waals surface area contributed by atoms with Crippen molar-refractivity contribution in [2.75, 3.05) is 6.54 Å². The van der Waals surface area contributed by atoms with E-state index < -0.39 is 11.6 Å². The Bertz CT molecular complexity index is 373. The number of unbranched alkanes of at least 4 members (excludes halogenated alkanes) is 1. The van der Waals surface area contributed by atoms with Crippen LogP contribution in [0.3, 0.4) is 0 Å². The number of hydrogen-bond donors (Lipinski definition) is 1. The van der Waals surface area contributed by atoms with Crippen LogP contribution in [-0.4, -0.2) is 6.54 Å². The number of hydrogen-bond acceptors (Lipinski definition) is 1. The second-order valence-corrected chi connectivity index (χ2v) is 5.07. The molecule has 0 heterocycles. The number of benzene rings is 1. The lowest BCUT2D eigenvalue weighted by atomic mass is 9.75. The maximum absolute atomic E-state index is 13.7. The van der Waals surface area contributed by atoms with E-state index in [-0.39, 0.29) is 5.41 Å². The minimum absolute atomic E-state index is 0.0608. The molecule has 1 aromatic rings. The molecule has 0 amide bonds. The Morgan fingerprint density at radius 2 is 1.94 bits per heavy atom. The van der Waals surface area contributed by atoms with Gasteiger partial charge in [0.2, 0.25) is 0 Å². The molecular formula is C15H23F2N. The van der Waals surface area contributed by atoms with Crippen molar-refractivity contribution in [3.63, 3.8) is 0 Å². The van der Waals surface area contributed by atoms with Crippen molar-refractivity contribution in [2.45, 2.75) is 46.0 Å². The normalized spacial score (nSPS) is 14.5. The van der Waals surface area contributed by atoms with Crippen molar-refractivity contribution in [3.8, 4) is 0 Å². The van der Waals surface area contributed by atoms with Crippen LogP contribution in [0.15, 0.2) is 18.2 Å². The highest BCUT2D eigenvalue weighted by molar-refractivity contribution is 5.20. The molecule has 18 heavy (non-hydrogen) atoms. The summed E-state index contributed by atoms with van der Waals surface area (Å²) in [4.78, 5) is 0. The standard InChI is InChI=1S/C15H23F2N/c1-3-5-8-15(4-2,11-18)10-12-6-7-13(16)9-14(12)17/h6-7,9H,3-5,8,10-11,18H2,1-2H3. The van der Waals surface area contributed by atoms with Gasteiger partial charge in [-0.1, -0.05) is 32.8 Å².